The molecule has 0 radical (unpaired) electrons. The second-order valence-electron chi connectivity index (χ2n) is 5.30. The van der Waals surface area contributed by atoms with Crippen molar-refractivity contribution in [3.8, 4) is 6.07 Å². The Bertz CT molecular complexity index is 501. The lowest BCUT2D eigenvalue weighted by atomic mass is 10.1. The van der Waals surface area contributed by atoms with Crippen LogP contribution in [-0.2, 0) is 11.3 Å². The average Bonchev–Trinajstić information content (AvgIpc) is 2.53. The smallest absolute Gasteiger partial charge is 0.239 e. The van der Waals surface area contributed by atoms with Crippen molar-refractivity contribution in [2.75, 3.05) is 13.1 Å². The van der Waals surface area contributed by atoms with Crippen LogP contribution in [0, 0.1) is 11.3 Å². The van der Waals surface area contributed by atoms with Gasteiger partial charge in [-0.05, 0) is 43.9 Å². The standard InChI is InChI=1S/C16H21N3O/c1-13(16(20)19-8-3-2-4-9-19)18-12-15-7-5-6-14(10-15)11-17/h5-7,10,13,18H,2-4,8-9,12H2,1H3/t13-/m0/s1. The molecule has 4 heteroatoms. The fraction of sp³-hybridized carbons (Fsp3) is 0.500. The quantitative estimate of drug-likeness (QED) is 0.912. The van der Waals surface area contributed by atoms with Crippen LogP contribution in [0.15, 0.2) is 24.3 Å². The fourth-order valence-electron chi connectivity index (χ4n) is 2.50. The number of carbonyl (C=O) groups excluding carboxylic acids is 1. The normalized spacial score (nSPS) is 16.5. The molecule has 0 aromatic heterocycles. The zero-order chi connectivity index (χ0) is 14.4. The van der Waals surface area contributed by atoms with Gasteiger partial charge in [0.1, 0.15) is 0 Å². The molecular formula is C16H21N3O. The third-order valence-electron chi connectivity index (χ3n) is 3.71. The van der Waals surface area contributed by atoms with Gasteiger partial charge in [0.05, 0.1) is 17.7 Å². The Morgan fingerprint density at radius 3 is 2.85 bits per heavy atom. The van der Waals surface area contributed by atoms with Crippen molar-refractivity contribution in [3.05, 3.63) is 35.4 Å². The predicted octanol–water partition coefficient (Wildman–Crippen LogP) is 2.05. The first-order chi connectivity index (χ1) is 9.70. The lowest BCUT2D eigenvalue weighted by Crippen LogP contribution is -2.46. The largest absolute Gasteiger partial charge is 0.341 e. The molecule has 0 bridgehead atoms. The SMILES string of the molecule is C[C@H](NCc1cccc(C#N)c1)C(=O)N1CCCCC1. The van der Waals surface area contributed by atoms with Gasteiger partial charge in [-0.25, -0.2) is 0 Å². The van der Waals surface area contributed by atoms with E-state index in [1.165, 1.54) is 6.42 Å². The summed E-state index contributed by atoms with van der Waals surface area (Å²) in [6.45, 7) is 4.28. The van der Waals surface area contributed by atoms with Crippen LogP contribution in [-0.4, -0.2) is 29.9 Å². The first kappa shape index (κ1) is 14.5. The maximum Gasteiger partial charge on any atom is 0.239 e. The summed E-state index contributed by atoms with van der Waals surface area (Å²) in [4.78, 5) is 14.2. The topological polar surface area (TPSA) is 56.1 Å². The molecule has 1 aromatic carbocycles. The summed E-state index contributed by atoms with van der Waals surface area (Å²) < 4.78 is 0. The van der Waals surface area contributed by atoms with E-state index in [-0.39, 0.29) is 11.9 Å². The van der Waals surface area contributed by atoms with Gasteiger partial charge in [0.25, 0.3) is 0 Å². The van der Waals surface area contributed by atoms with Gasteiger partial charge < -0.3 is 10.2 Å². The molecule has 4 nitrogen and oxygen atoms in total. The van der Waals surface area contributed by atoms with Gasteiger partial charge in [-0.15, -0.1) is 0 Å². The van der Waals surface area contributed by atoms with Crippen molar-refractivity contribution in [1.29, 1.82) is 5.26 Å². The molecule has 0 aliphatic carbocycles. The highest BCUT2D eigenvalue weighted by molar-refractivity contribution is 5.81. The molecule has 1 heterocycles. The van der Waals surface area contributed by atoms with Gasteiger partial charge in [0.15, 0.2) is 0 Å². The summed E-state index contributed by atoms with van der Waals surface area (Å²) in [5.74, 6) is 0.182. The number of nitriles is 1. The molecule has 1 N–H and O–H groups in total. The van der Waals surface area contributed by atoms with Gasteiger partial charge in [-0.3, -0.25) is 4.79 Å². The van der Waals surface area contributed by atoms with E-state index in [2.05, 4.69) is 11.4 Å². The van der Waals surface area contributed by atoms with Gasteiger partial charge in [0.2, 0.25) is 5.91 Å². The van der Waals surface area contributed by atoms with Crippen LogP contribution in [0.4, 0.5) is 0 Å². The number of rotatable bonds is 4. The minimum Gasteiger partial charge on any atom is -0.341 e. The van der Waals surface area contributed by atoms with Crippen molar-refractivity contribution in [3.63, 3.8) is 0 Å². The fourth-order valence-corrected chi connectivity index (χ4v) is 2.50. The first-order valence-electron chi connectivity index (χ1n) is 7.22. The molecule has 1 amide bonds. The molecule has 0 unspecified atom stereocenters. The lowest BCUT2D eigenvalue weighted by molar-refractivity contribution is -0.133. The Morgan fingerprint density at radius 2 is 2.15 bits per heavy atom. The summed E-state index contributed by atoms with van der Waals surface area (Å²) in [5.41, 5.74) is 1.68. The minimum atomic E-state index is -0.182. The van der Waals surface area contributed by atoms with Gasteiger partial charge in [-0.1, -0.05) is 12.1 Å². The second kappa shape index (κ2) is 7.06. The maximum absolute atomic E-state index is 12.3. The molecule has 1 aliphatic heterocycles. The minimum absolute atomic E-state index is 0.182. The molecule has 106 valence electrons. The Kier molecular flexibility index (Phi) is 5.14. The number of likely N-dealkylation sites (tertiary alicyclic amines) is 1. The molecule has 0 saturated carbocycles. The Morgan fingerprint density at radius 1 is 1.40 bits per heavy atom. The zero-order valence-electron chi connectivity index (χ0n) is 11.9. The van der Waals surface area contributed by atoms with E-state index >= 15 is 0 Å². The highest BCUT2D eigenvalue weighted by Gasteiger charge is 2.21. The van der Waals surface area contributed by atoms with Crippen LogP contribution in [0.3, 0.4) is 0 Å². The van der Waals surface area contributed by atoms with Crippen molar-refractivity contribution in [1.82, 2.24) is 10.2 Å². The van der Waals surface area contributed by atoms with Crippen molar-refractivity contribution in [2.45, 2.75) is 38.8 Å². The summed E-state index contributed by atoms with van der Waals surface area (Å²) >= 11 is 0. The molecule has 1 fully saturated rings. The van der Waals surface area contributed by atoms with Crippen LogP contribution in [0.2, 0.25) is 0 Å². The monoisotopic (exact) mass is 271 g/mol. The number of benzene rings is 1. The third-order valence-corrected chi connectivity index (χ3v) is 3.71. The second-order valence-corrected chi connectivity index (χ2v) is 5.30. The van der Waals surface area contributed by atoms with E-state index in [0.29, 0.717) is 12.1 Å². The van der Waals surface area contributed by atoms with Crippen molar-refractivity contribution >= 4 is 5.91 Å². The summed E-state index contributed by atoms with van der Waals surface area (Å²) in [6, 6.07) is 9.41. The molecule has 2 rings (SSSR count). The van der Waals surface area contributed by atoms with E-state index in [1.807, 2.05) is 30.0 Å². The summed E-state index contributed by atoms with van der Waals surface area (Å²) in [6.07, 6.45) is 3.46. The maximum atomic E-state index is 12.3. The van der Waals surface area contributed by atoms with E-state index in [9.17, 15) is 4.79 Å². The van der Waals surface area contributed by atoms with Crippen LogP contribution in [0.25, 0.3) is 0 Å². The zero-order valence-corrected chi connectivity index (χ0v) is 11.9. The Labute approximate surface area is 120 Å². The molecule has 1 aliphatic rings. The van der Waals surface area contributed by atoms with Gasteiger partial charge in [0, 0.05) is 19.6 Å². The van der Waals surface area contributed by atoms with E-state index < -0.39 is 0 Å². The third kappa shape index (κ3) is 3.82. The number of carbonyl (C=O) groups is 1. The van der Waals surface area contributed by atoms with Crippen molar-refractivity contribution in [2.24, 2.45) is 0 Å². The molecular weight excluding hydrogens is 250 g/mol. The number of hydrogen-bond donors (Lipinski definition) is 1. The Balaban J connectivity index is 1.86. The molecule has 1 atom stereocenters. The number of nitrogens with one attached hydrogen (secondary N) is 1. The van der Waals surface area contributed by atoms with Crippen molar-refractivity contribution < 1.29 is 4.79 Å². The predicted molar refractivity (Wildman–Crippen MR) is 77.9 cm³/mol. The molecule has 0 spiro atoms. The van der Waals surface area contributed by atoms with E-state index in [1.54, 1.807) is 6.07 Å². The molecule has 1 saturated heterocycles. The summed E-state index contributed by atoms with van der Waals surface area (Å²) in [5, 5.41) is 12.1. The number of amides is 1. The van der Waals surface area contributed by atoms with Crippen LogP contribution >= 0.6 is 0 Å². The lowest BCUT2D eigenvalue weighted by Gasteiger charge is -2.29. The molecule has 20 heavy (non-hydrogen) atoms. The van der Waals surface area contributed by atoms with Crippen LogP contribution < -0.4 is 5.32 Å². The number of piperidine rings is 1. The van der Waals surface area contributed by atoms with Gasteiger partial charge in [-0.2, -0.15) is 5.26 Å². The van der Waals surface area contributed by atoms with Crippen LogP contribution in [0.1, 0.15) is 37.3 Å². The first-order valence-corrected chi connectivity index (χ1v) is 7.22. The number of nitrogens with zero attached hydrogens (tertiary/aromatic N) is 2. The Hall–Kier alpha value is -1.86. The van der Waals surface area contributed by atoms with E-state index in [4.69, 9.17) is 5.26 Å². The van der Waals surface area contributed by atoms with E-state index in [0.717, 1.165) is 31.5 Å². The molecule has 1 aromatic rings. The van der Waals surface area contributed by atoms with Crippen LogP contribution in [0.5, 0.6) is 0 Å². The summed E-state index contributed by atoms with van der Waals surface area (Å²) in [7, 11) is 0. The highest BCUT2D eigenvalue weighted by atomic mass is 16.2. The number of hydrogen-bond acceptors (Lipinski definition) is 3. The highest BCUT2D eigenvalue weighted by Crippen LogP contribution is 2.10. The van der Waals surface area contributed by atoms with Gasteiger partial charge >= 0.3 is 0 Å². The average molecular weight is 271 g/mol.